The number of hydrogen-bond acceptors (Lipinski definition) is 3. The fraction of sp³-hybridized carbons (Fsp3) is 0.267. The first-order valence-corrected chi connectivity index (χ1v) is 6.68. The van der Waals surface area contributed by atoms with E-state index in [-0.39, 0.29) is 0 Å². The van der Waals surface area contributed by atoms with E-state index in [1.165, 1.54) is 0 Å². The number of nitrogens with one attached hydrogen (secondary N) is 1. The quantitative estimate of drug-likeness (QED) is 0.859. The molecule has 4 nitrogen and oxygen atoms in total. The van der Waals surface area contributed by atoms with Gasteiger partial charge in [0.15, 0.2) is 0 Å². The van der Waals surface area contributed by atoms with Crippen molar-refractivity contribution in [3.63, 3.8) is 0 Å². The predicted molar refractivity (Wildman–Crippen MR) is 76.9 cm³/mol. The Morgan fingerprint density at radius 2 is 2.15 bits per heavy atom. The van der Waals surface area contributed by atoms with Crippen LogP contribution < -0.4 is 5.32 Å². The normalized spacial score (nSPS) is 12.3. The van der Waals surface area contributed by atoms with Crippen LogP contribution >= 0.6 is 11.6 Å². The zero-order valence-electron chi connectivity index (χ0n) is 11.1. The van der Waals surface area contributed by atoms with Crippen LogP contribution in [0.2, 0.25) is 5.02 Å². The van der Waals surface area contributed by atoms with Gasteiger partial charge in [-0.3, -0.25) is 10.1 Å². The summed E-state index contributed by atoms with van der Waals surface area (Å²) in [5.41, 5.74) is 1.81. The summed E-state index contributed by atoms with van der Waals surface area (Å²) in [5.74, 6) is -0.162. The van der Waals surface area contributed by atoms with Gasteiger partial charge in [0.2, 0.25) is 0 Å². The van der Waals surface area contributed by atoms with Crippen LogP contribution in [0.4, 0.5) is 0 Å². The fourth-order valence-electron chi connectivity index (χ4n) is 1.93. The van der Waals surface area contributed by atoms with E-state index in [1.54, 1.807) is 12.3 Å². The summed E-state index contributed by atoms with van der Waals surface area (Å²) < 4.78 is 5.29. The molecule has 0 saturated heterocycles. The molecule has 0 fully saturated rings. The molecule has 0 spiro atoms. The van der Waals surface area contributed by atoms with Gasteiger partial charge < -0.3 is 9.52 Å². The molecule has 0 bridgehead atoms. The van der Waals surface area contributed by atoms with Crippen LogP contribution in [-0.2, 0) is 17.8 Å². The van der Waals surface area contributed by atoms with Crippen LogP contribution in [0.15, 0.2) is 41.0 Å². The summed E-state index contributed by atoms with van der Waals surface area (Å²) in [6.07, 6.45) is 1.92. The summed E-state index contributed by atoms with van der Waals surface area (Å²) in [4.78, 5) is 11.3. The number of halogens is 1. The highest BCUT2D eigenvalue weighted by molar-refractivity contribution is 6.31. The van der Waals surface area contributed by atoms with E-state index in [0.29, 0.717) is 18.0 Å². The number of furan rings is 1. The van der Waals surface area contributed by atoms with Gasteiger partial charge in [0.1, 0.15) is 11.8 Å². The maximum absolute atomic E-state index is 11.3. The maximum Gasteiger partial charge on any atom is 0.321 e. The molecule has 0 radical (unpaired) electrons. The lowest BCUT2D eigenvalue weighted by atomic mass is 10.1. The second-order valence-electron chi connectivity index (χ2n) is 4.59. The van der Waals surface area contributed by atoms with Crippen LogP contribution in [0.25, 0.3) is 0 Å². The minimum absolute atomic E-state index is 0.328. The molecule has 1 atom stereocenters. The molecule has 1 unspecified atom stereocenters. The molecule has 2 rings (SSSR count). The Labute approximate surface area is 122 Å². The van der Waals surface area contributed by atoms with E-state index in [2.05, 4.69) is 5.32 Å². The SMILES string of the molecule is Cc1ccoc1CNC(Cc1ccccc1Cl)C(=O)O. The minimum atomic E-state index is -0.908. The average Bonchev–Trinajstić information content (AvgIpc) is 2.82. The number of carboxylic acid groups (broad SMARTS) is 1. The number of rotatable bonds is 6. The van der Waals surface area contributed by atoms with Gasteiger partial charge in [-0.15, -0.1) is 0 Å². The van der Waals surface area contributed by atoms with Gasteiger partial charge in [0.05, 0.1) is 12.8 Å². The number of carboxylic acids is 1. The largest absolute Gasteiger partial charge is 0.480 e. The number of aliphatic carboxylic acids is 1. The van der Waals surface area contributed by atoms with E-state index in [1.807, 2.05) is 31.2 Å². The highest BCUT2D eigenvalue weighted by Gasteiger charge is 2.19. The summed E-state index contributed by atoms with van der Waals surface area (Å²) in [5, 5.41) is 12.9. The molecule has 20 heavy (non-hydrogen) atoms. The van der Waals surface area contributed by atoms with Gasteiger partial charge in [-0.1, -0.05) is 29.8 Å². The monoisotopic (exact) mass is 293 g/mol. The second kappa shape index (κ2) is 6.59. The number of benzene rings is 1. The smallest absolute Gasteiger partial charge is 0.321 e. The third-order valence-corrected chi connectivity index (χ3v) is 3.53. The van der Waals surface area contributed by atoms with Gasteiger partial charge >= 0.3 is 5.97 Å². The molecular formula is C15H16ClNO3. The lowest BCUT2D eigenvalue weighted by Crippen LogP contribution is -2.38. The topological polar surface area (TPSA) is 62.5 Å². The van der Waals surface area contributed by atoms with Crippen molar-refractivity contribution in [2.75, 3.05) is 0 Å². The van der Waals surface area contributed by atoms with Crippen LogP contribution in [-0.4, -0.2) is 17.1 Å². The number of carbonyl (C=O) groups is 1. The van der Waals surface area contributed by atoms with E-state index < -0.39 is 12.0 Å². The lowest BCUT2D eigenvalue weighted by molar-refractivity contribution is -0.139. The number of aryl methyl sites for hydroxylation is 1. The molecule has 5 heteroatoms. The summed E-state index contributed by atoms with van der Waals surface area (Å²) in [6.45, 7) is 2.30. The van der Waals surface area contributed by atoms with Crippen molar-refractivity contribution in [3.05, 3.63) is 58.5 Å². The number of hydrogen-bond donors (Lipinski definition) is 2. The highest BCUT2D eigenvalue weighted by atomic mass is 35.5. The molecule has 2 aromatic rings. The van der Waals surface area contributed by atoms with E-state index in [4.69, 9.17) is 16.0 Å². The van der Waals surface area contributed by atoms with Crippen LogP contribution in [0.3, 0.4) is 0 Å². The van der Waals surface area contributed by atoms with Gasteiger partial charge in [-0.2, -0.15) is 0 Å². The van der Waals surface area contributed by atoms with Crippen LogP contribution in [0.1, 0.15) is 16.9 Å². The summed E-state index contributed by atoms with van der Waals surface area (Å²) in [7, 11) is 0. The molecule has 1 aromatic carbocycles. The molecule has 0 saturated carbocycles. The second-order valence-corrected chi connectivity index (χ2v) is 5.00. The maximum atomic E-state index is 11.3. The molecule has 0 amide bonds. The van der Waals surface area contributed by atoms with Crippen molar-refractivity contribution in [1.29, 1.82) is 0 Å². The zero-order valence-corrected chi connectivity index (χ0v) is 11.9. The molecule has 0 aliphatic heterocycles. The Kier molecular flexibility index (Phi) is 4.82. The lowest BCUT2D eigenvalue weighted by Gasteiger charge is -2.14. The van der Waals surface area contributed by atoms with Crippen molar-refractivity contribution in [2.45, 2.75) is 25.9 Å². The zero-order chi connectivity index (χ0) is 14.5. The average molecular weight is 294 g/mol. The van der Waals surface area contributed by atoms with E-state index in [0.717, 1.165) is 16.9 Å². The van der Waals surface area contributed by atoms with Crippen molar-refractivity contribution in [3.8, 4) is 0 Å². The van der Waals surface area contributed by atoms with Crippen LogP contribution in [0, 0.1) is 6.92 Å². The predicted octanol–water partition coefficient (Wildman–Crippen LogP) is 3.03. The van der Waals surface area contributed by atoms with Gasteiger partial charge in [-0.25, -0.2) is 0 Å². The van der Waals surface area contributed by atoms with Crippen molar-refractivity contribution < 1.29 is 14.3 Å². The van der Waals surface area contributed by atoms with E-state index in [9.17, 15) is 9.90 Å². The third-order valence-electron chi connectivity index (χ3n) is 3.16. The third kappa shape index (κ3) is 3.62. The first kappa shape index (κ1) is 14.6. The Bertz CT molecular complexity index is 594. The molecule has 1 heterocycles. The van der Waals surface area contributed by atoms with Gasteiger partial charge in [0, 0.05) is 5.02 Å². The van der Waals surface area contributed by atoms with Crippen molar-refractivity contribution >= 4 is 17.6 Å². The first-order chi connectivity index (χ1) is 9.58. The van der Waals surface area contributed by atoms with E-state index >= 15 is 0 Å². The summed E-state index contributed by atoms with van der Waals surface area (Å²) in [6, 6.07) is 8.39. The molecule has 0 aliphatic rings. The Hall–Kier alpha value is -1.78. The molecule has 0 aliphatic carbocycles. The molecule has 1 aromatic heterocycles. The molecular weight excluding hydrogens is 278 g/mol. The van der Waals surface area contributed by atoms with Crippen LogP contribution in [0.5, 0.6) is 0 Å². The van der Waals surface area contributed by atoms with Gasteiger partial charge in [0.25, 0.3) is 0 Å². The minimum Gasteiger partial charge on any atom is -0.480 e. The Morgan fingerprint density at radius 1 is 1.40 bits per heavy atom. The fourth-order valence-corrected chi connectivity index (χ4v) is 2.14. The van der Waals surface area contributed by atoms with Crippen molar-refractivity contribution in [1.82, 2.24) is 5.32 Å². The highest BCUT2D eigenvalue weighted by Crippen LogP contribution is 2.17. The molecule has 106 valence electrons. The summed E-state index contributed by atoms with van der Waals surface area (Å²) >= 11 is 6.06. The standard InChI is InChI=1S/C15H16ClNO3/c1-10-6-7-20-14(10)9-17-13(15(18)19)8-11-4-2-3-5-12(11)16/h2-7,13,17H,8-9H2,1H3,(H,18,19). The molecule has 2 N–H and O–H groups in total. The first-order valence-electron chi connectivity index (χ1n) is 6.30. The Balaban J connectivity index is 2.03. The van der Waals surface area contributed by atoms with Gasteiger partial charge in [-0.05, 0) is 36.6 Å². The Morgan fingerprint density at radius 3 is 2.75 bits per heavy atom. The van der Waals surface area contributed by atoms with Crippen molar-refractivity contribution in [2.24, 2.45) is 0 Å².